The number of rotatable bonds is 7. The van der Waals surface area contributed by atoms with Crippen LogP contribution in [0.1, 0.15) is 20.3 Å². The van der Waals surface area contributed by atoms with Gasteiger partial charge in [0.25, 0.3) is 6.47 Å². The van der Waals surface area contributed by atoms with E-state index in [0.717, 1.165) is 43.2 Å². The first-order valence-corrected chi connectivity index (χ1v) is 11.1. The van der Waals surface area contributed by atoms with Gasteiger partial charge in [-0.15, -0.1) is 11.8 Å². The van der Waals surface area contributed by atoms with E-state index in [4.69, 9.17) is 9.90 Å². The highest BCUT2D eigenvalue weighted by molar-refractivity contribution is 8.00. The molecule has 2 aliphatic rings. The Morgan fingerprint density at radius 3 is 2.60 bits per heavy atom. The van der Waals surface area contributed by atoms with Crippen molar-refractivity contribution in [3.63, 3.8) is 0 Å². The average molecular weight is 438 g/mol. The van der Waals surface area contributed by atoms with E-state index < -0.39 is 0 Å². The highest BCUT2D eigenvalue weighted by Gasteiger charge is 2.52. The smallest absolute Gasteiger partial charge is 0.290 e. The molecule has 3 N–H and O–H groups in total. The third kappa shape index (κ3) is 5.96. The Morgan fingerprint density at radius 2 is 2.00 bits per heavy atom. The number of carboxylic acid groups (broad SMARTS) is 1. The minimum Gasteiger partial charge on any atom is -0.483 e. The van der Waals surface area contributed by atoms with Crippen molar-refractivity contribution in [3.05, 3.63) is 24.3 Å². The second kappa shape index (κ2) is 11.3. The van der Waals surface area contributed by atoms with Gasteiger partial charge in [-0.25, -0.2) is 0 Å². The predicted octanol–water partition coefficient (Wildman–Crippen LogP) is 1.60. The number of aliphatic hydroxyl groups excluding tert-OH is 1. The van der Waals surface area contributed by atoms with Crippen LogP contribution in [0.5, 0.6) is 0 Å². The molecule has 0 saturated carbocycles. The largest absolute Gasteiger partial charge is 0.483 e. The van der Waals surface area contributed by atoms with E-state index >= 15 is 0 Å². The van der Waals surface area contributed by atoms with Crippen LogP contribution >= 0.6 is 11.8 Å². The standard InChI is InChI=1S/C20H29N3O3S.CH2O2/c1-3-8-22-9-16-10-23(13-20(16,12-22)14-24)19(26)11-27-18-7-5-4-6-17(18)21-15(2)25;2-1-3/h4-7,16,24H,3,8-14H2,1-2H3,(H,21,25);1H,(H,2,3). The summed E-state index contributed by atoms with van der Waals surface area (Å²) in [4.78, 5) is 37.7. The average Bonchev–Trinajstić information content (AvgIpc) is 3.22. The quantitative estimate of drug-likeness (QED) is 0.439. The number of anilines is 1. The molecule has 1 aromatic carbocycles. The van der Waals surface area contributed by atoms with Crippen LogP contribution in [-0.2, 0) is 14.4 Å². The lowest BCUT2D eigenvalue weighted by Gasteiger charge is -2.27. The summed E-state index contributed by atoms with van der Waals surface area (Å²) in [5.41, 5.74) is 0.576. The summed E-state index contributed by atoms with van der Waals surface area (Å²) >= 11 is 1.45. The monoisotopic (exact) mass is 437 g/mol. The van der Waals surface area contributed by atoms with E-state index in [0.29, 0.717) is 18.2 Å². The van der Waals surface area contributed by atoms with E-state index in [2.05, 4.69) is 17.1 Å². The number of hydrogen-bond acceptors (Lipinski definition) is 6. The lowest BCUT2D eigenvalue weighted by molar-refractivity contribution is -0.128. The normalized spacial score (nSPS) is 22.8. The van der Waals surface area contributed by atoms with Gasteiger partial charge in [0.05, 0.1) is 18.0 Å². The van der Waals surface area contributed by atoms with Gasteiger partial charge in [0.1, 0.15) is 0 Å². The van der Waals surface area contributed by atoms with Gasteiger partial charge in [0.15, 0.2) is 0 Å². The van der Waals surface area contributed by atoms with Crippen LogP contribution in [0, 0.1) is 11.3 Å². The molecule has 166 valence electrons. The molecule has 2 saturated heterocycles. The number of benzene rings is 1. The maximum Gasteiger partial charge on any atom is 0.290 e. The molecule has 0 aliphatic carbocycles. The molecule has 2 fully saturated rings. The molecule has 2 amide bonds. The molecule has 9 heteroatoms. The van der Waals surface area contributed by atoms with Gasteiger partial charge in [0, 0.05) is 43.4 Å². The van der Waals surface area contributed by atoms with Crippen LogP contribution in [-0.4, -0.2) is 83.4 Å². The van der Waals surface area contributed by atoms with Crippen LogP contribution in [0.2, 0.25) is 0 Å². The summed E-state index contributed by atoms with van der Waals surface area (Å²) in [6.07, 6.45) is 1.11. The Morgan fingerprint density at radius 1 is 1.30 bits per heavy atom. The van der Waals surface area contributed by atoms with Gasteiger partial charge in [-0.2, -0.15) is 0 Å². The molecule has 0 spiro atoms. The molecule has 0 aromatic heterocycles. The molecule has 0 radical (unpaired) electrons. The lowest BCUT2D eigenvalue weighted by Crippen LogP contribution is -2.39. The maximum atomic E-state index is 12.8. The number of aliphatic hydroxyl groups is 1. The molecular formula is C21H31N3O5S. The summed E-state index contributed by atoms with van der Waals surface area (Å²) in [6.45, 7) is 7.81. The van der Waals surface area contributed by atoms with Crippen molar-refractivity contribution in [2.45, 2.75) is 25.2 Å². The van der Waals surface area contributed by atoms with Gasteiger partial charge in [-0.05, 0) is 31.0 Å². The molecule has 2 atom stereocenters. The van der Waals surface area contributed by atoms with Crippen LogP contribution in [0.4, 0.5) is 5.69 Å². The molecule has 8 nitrogen and oxygen atoms in total. The summed E-state index contributed by atoms with van der Waals surface area (Å²) in [6, 6.07) is 7.53. The Kier molecular flexibility index (Phi) is 9.13. The molecule has 2 aliphatic heterocycles. The number of carbonyl (C=O) groups is 3. The van der Waals surface area contributed by atoms with E-state index in [1.54, 1.807) is 0 Å². The first-order chi connectivity index (χ1) is 14.4. The van der Waals surface area contributed by atoms with Crippen LogP contribution in [0.3, 0.4) is 0 Å². The summed E-state index contributed by atoms with van der Waals surface area (Å²) in [5, 5.41) is 19.7. The molecule has 2 unspecified atom stereocenters. The molecule has 30 heavy (non-hydrogen) atoms. The van der Waals surface area contributed by atoms with Gasteiger partial charge >= 0.3 is 0 Å². The zero-order chi connectivity index (χ0) is 22.1. The molecular weight excluding hydrogens is 406 g/mol. The number of likely N-dealkylation sites (tertiary alicyclic amines) is 2. The highest BCUT2D eigenvalue weighted by Crippen LogP contribution is 2.42. The summed E-state index contributed by atoms with van der Waals surface area (Å²) in [5.74, 6) is 0.670. The minimum atomic E-state index is -0.250. The first kappa shape index (κ1) is 24.2. The zero-order valence-corrected chi connectivity index (χ0v) is 18.4. The fraction of sp³-hybridized carbons (Fsp3) is 0.571. The maximum absolute atomic E-state index is 12.8. The highest BCUT2D eigenvalue weighted by atomic mass is 32.2. The van der Waals surface area contributed by atoms with Gasteiger partial charge in [-0.1, -0.05) is 19.1 Å². The number of para-hydroxylation sites is 1. The van der Waals surface area contributed by atoms with Crippen molar-refractivity contribution in [2.75, 3.05) is 50.4 Å². The second-order valence-corrected chi connectivity index (χ2v) is 8.82. The fourth-order valence-electron chi connectivity index (χ4n) is 4.31. The van der Waals surface area contributed by atoms with Crippen LogP contribution in [0.25, 0.3) is 0 Å². The van der Waals surface area contributed by atoms with Crippen LogP contribution < -0.4 is 5.32 Å². The third-order valence-electron chi connectivity index (χ3n) is 5.59. The molecule has 0 bridgehead atoms. The number of amides is 2. The minimum absolute atomic E-state index is 0.0990. The van der Waals surface area contributed by atoms with E-state index in [1.165, 1.54) is 18.7 Å². The van der Waals surface area contributed by atoms with Crippen molar-refractivity contribution in [1.82, 2.24) is 9.80 Å². The third-order valence-corrected chi connectivity index (χ3v) is 6.64. The van der Waals surface area contributed by atoms with Gasteiger partial charge in [0.2, 0.25) is 11.8 Å². The fourth-order valence-corrected chi connectivity index (χ4v) is 5.22. The Bertz CT molecular complexity index is 747. The SMILES string of the molecule is CCCN1CC2CN(C(=O)CSc3ccccc3NC(C)=O)CC2(CO)C1.O=CO. The number of fused-ring (bicyclic) bond motifs is 1. The first-order valence-electron chi connectivity index (χ1n) is 10.1. The van der Waals surface area contributed by atoms with Gasteiger partial charge in [-0.3, -0.25) is 14.4 Å². The second-order valence-electron chi connectivity index (χ2n) is 7.80. The summed E-state index contributed by atoms with van der Waals surface area (Å²) in [7, 11) is 0. The number of thioether (sulfide) groups is 1. The molecule has 2 heterocycles. The topological polar surface area (TPSA) is 110 Å². The van der Waals surface area contributed by atoms with E-state index in [1.807, 2.05) is 29.2 Å². The number of carbonyl (C=O) groups excluding carboxylic acids is 2. The van der Waals surface area contributed by atoms with Crippen molar-refractivity contribution >= 4 is 35.7 Å². The molecule has 3 rings (SSSR count). The van der Waals surface area contributed by atoms with Crippen molar-refractivity contribution in [1.29, 1.82) is 0 Å². The molecule has 1 aromatic rings. The van der Waals surface area contributed by atoms with Crippen molar-refractivity contribution in [3.8, 4) is 0 Å². The van der Waals surface area contributed by atoms with Crippen molar-refractivity contribution < 1.29 is 24.6 Å². The lowest BCUT2D eigenvalue weighted by atomic mass is 9.82. The van der Waals surface area contributed by atoms with E-state index in [9.17, 15) is 14.7 Å². The van der Waals surface area contributed by atoms with Crippen molar-refractivity contribution in [2.24, 2.45) is 11.3 Å². The number of nitrogens with one attached hydrogen (secondary N) is 1. The zero-order valence-electron chi connectivity index (χ0n) is 17.5. The number of hydrogen-bond donors (Lipinski definition) is 3. The Labute approximate surface area is 181 Å². The van der Waals surface area contributed by atoms with Gasteiger partial charge < -0.3 is 25.3 Å². The number of nitrogens with zero attached hydrogens (tertiary/aromatic N) is 2. The Balaban J connectivity index is 0.00000101. The van der Waals surface area contributed by atoms with Crippen LogP contribution in [0.15, 0.2) is 29.2 Å². The summed E-state index contributed by atoms with van der Waals surface area (Å²) < 4.78 is 0. The predicted molar refractivity (Wildman–Crippen MR) is 116 cm³/mol. The Hall–Kier alpha value is -2.10. The van der Waals surface area contributed by atoms with E-state index in [-0.39, 0.29) is 30.3 Å².